The molecule has 0 amide bonds. The Morgan fingerprint density at radius 2 is 2.16 bits per heavy atom. The predicted molar refractivity (Wildman–Crippen MR) is 63.0 cm³/mol. The number of carbonyl (C=O) groups excluding carboxylic acids is 1. The molecule has 0 saturated heterocycles. The van der Waals surface area contributed by atoms with Crippen LogP contribution in [0.2, 0.25) is 0 Å². The highest BCUT2D eigenvalue weighted by Crippen LogP contribution is 2.21. The van der Waals surface area contributed by atoms with E-state index in [1.54, 1.807) is 0 Å². The number of halogens is 2. The van der Waals surface area contributed by atoms with Crippen molar-refractivity contribution in [1.29, 1.82) is 0 Å². The first-order valence-electron chi connectivity index (χ1n) is 5.22. The fourth-order valence-corrected chi connectivity index (χ4v) is 1.41. The van der Waals surface area contributed by atoms with E-state index in [4.69, 9.17) is 0 Å². The van der Waals surface area contributed by atoms with Gasteiger partial charge < -0.3 is 10.1 Å². The Morgan fingerprint density at radius 3 is 2.84 bits per heavy atom. The smallest absolute Gasteiger partial charge is 0.343 e. The summed E-state index contributed by atoms with van der Waals surface area (Å²) in [6.07, 6.45) is 2.43. The van der Waals surface area contributed by atoms with Gasteiger partial charge >= 0.3 is 5.97 Å². The summed E-state index contributed by atoms with van der Waals surface area (Å²) >= 11 is 0. The number of anilines is 2. The molecule has 0 aliphatic rings. The maximum atomic E-state index is 13.5. The Morgan fingerprint density at radius 1 is 1.37 bits per heavy atom. The molecule has 1 heterocycles. The van der Waals surface area contributed by atoms with Gasteiger partial charge in [-0.2, -0.15) is 0 Å². The molecule has 1 N–H and O–H groups in total. The van der Waals surface area contributed by atoms with Gasteiger partial charge in [0.2, 0.25) is 0 Å². The summed E-state index contributed by atoms with van der Waals surface area (Å²) in [6, 6.07) is 3.01. The van der Waals surface area contributed by atoms with E-state index >= 15 is 0 Å². The molecule has 0 unspecified atom stereocenters. The molecule has 7 heteroatoms. The van der Waals surface area contributed by atoms with Crippen LogP contribution >= 0.6 is 0 Å². The molecular weight excluding hydrogens is 256 g/mol. The van der Waals surface area contributed by atoms with Gasteiger partial charge in [-0.05, 0) is 12.1 Å². The minimum atomic E-state index is -0.797. The summed E-state index contributed by atoms with van der Waals surface area (Å²) in [4.78, 5) is 19.0. The summed E-state index contributed by atoms with van der Waals surface area (Å²) in [5.74, 6) is -2.08. The highest BCUT2D eigenvalue weighted by molar-refractivity contribution is 5.94. The van der Waals surface area contributed by atoms with Crippen molar-refractivity contribution in [1.82, 2.24) is 9.97 Å². The van der Waals surface area contributed by atoms with Gasteiger partial charge in [0.05, 0.1) is 12.8 Å². The molecule has 1 aromatic heterocycles. The van der Waals surface area contributed by atoms with Crippen LogP contribution in [0.3, 0.4) is 0 Å². The van der Waals surface area contributed by atoms with Gasteiger partial charge in [-0.15, -0.1) is 0 Å². The monoisotopic (exact) mass is 265 g/mol. The quantitative estimate of drug-likeness (QED) is 0.862. The molecule has 2 rings (SSSR count). The number of nitrogens with zero attached hydrogens (tertiary/aromatic N) is 2. The number of benzene rings is 1. The van der Waals surface area contributed by atoms with E-state index in [9.17, 15) is 13.6 Å². The van der Waals surface area contributed by atoms with E-state index in [1.165, 1.54) is 25.7 Å². The van der Waals surface area contributed by atoms with E-state index < -0.39 is 17.6 Å². The summed E-state index contributed by atoms with van der Waals surface area (Å²) < 4.78 is 30.8. The van der Waals surface area contributed by atoms with Crippen LogP contribution in [0.15, 0.2) is 30.7 Å². The van der Waals surface area contributed by atoms with Crippen LogP contribution in [0.1, 0.15) is 10.4 Å². The van der Waals surface area contributed by atoms with Crippen LogP contribution < -0.4 is 5.32 Å². The third-order valence-corrected chi connectivity index (χ3v) is 2.30. The number of methoxy groups -OCH3 is 1. The summed E-state index contributed by atoms with van der Waals surface area (Å²) in [5.41, 5.74) is 0.0407. The molecule has 98 valence electrons. The number of rotatable bonds is 3. The number of nitrogens with one attached hydrogen (secondary N) is 1. The van der Waals surface area contributed by atoms with E-state index in [-0.39, 0.29) is 17.1 Å². The summed E-state index contributed by atoms with van der Waals surface area (Å²) in [7, 11) is 1.21. The van der Waals surface area contributed by atoms with Crippen molar-refractivity contribution in [2.75, 3.05) is 12.4 Å². The largest absolute Gasteiger partial charge is 0.465 e. The lowest BCUT2D eigenvalue weighted by molar-refractivity contribution is 0.0601. The highest BCUT2D eigenvalue weighted by atomic mass is 19.1. The molecule has 0 radical (unpaired) electrons. The Labute approximate surface area is 107 Å². The Bertz CT molecular complexity index is 620. The first-order chi connectivity index (χ1) is 9.11. The molecule has 0 atom stereocenters. The van der Waals surface area contributed by atoms with Crippen LogP contribution in [0, 0.1) is 11.6 Å². The van der Waals surface area contributed by atoms with E-state index in [0.717, 1.165) is 12.1 Å². The van der Waals surface area contributed by atoms with Gasteiger partial charge in [-0.25, -0.2) is 23.5 Å². The van der Waals surface area contributed by atoms with Crippen molar-refractivity contribution < 1.29 is 18.3 Å². The normalized spacial score (nSPS) is 10.1. The number of carbonyl (C=O) groups is 1. The number of ether oxygens (including phenoxy) is 1. The van der Waals surface area contributed by atoms with Gasteiger partial charge in [0, 0.05) is 12.3 Å². The van der Waals surface area contributed by atoms with Gasteiger partial charge in [0.25, 0.3) is 0 Å². The average molecular weight is 265 g/mol. The SMILES string of the molecule is COC(=O)c1cncnc1Nc1ccc(F)cc1F. The number of hydrogen-bond donors (Lipinski definition) is 1. The minimum absolute atomic E-state index is 0.00902. The second kappa shape index (κ2) is 5.38. The molecule has 0 aliphatic heterocycles. The molecule has 0 fully saturated rings. The lowest BCUT2D eigenvalue weighted by atomic mass is 10.2. The Kier molecular flexibility index (Phi) is 3.65. The maximum absolute atomic E-state index is 13.5. The van der Waals surface area contributed by atoms with Crippen LogP contribution in [0.5, 0.6) is 0 Å². The second-order valence-electron chi connectivity index (χ2n) is 3.53. The number of hydrogen-bond acceptors (Lipinski definition) is 5. The topological polar surface area (TPSA) is 64.1 Å². The summed E-state index contributed by atoms with van der Waals surface area (Å²) in [6.45, 7) is 0. The zero-order chi connectivity index (χ0) is 13.8. The van der Waals surface area contributed by atoms with Crippen LogP contribution in [-0.4, -0.2) is 23.0 Å². The van der Waals surface area contributed by atoms with E-state index in [0.29, 0.717) is 0 Å². The zero-order valence-electron chi connectivity index (χ0n) is 9.85. The van der Waals surface area contributed by atoms with Crippen molar-refractivity contribution in [2.24, 2.45) is 0 Å². The molecule has 19 heavy (non-hydrogen) atoms. The molecule has 0 saturated carbocycles. The van der Waals surface area contributed by atoms with Gasteiger partial charge in [-0.3, -0.25) is 0 Å². The zero-order valence-corrected chi connectivity index (χ0v) is 9.85. The highest BCUT2D eigenvalue weighted by Gasteiger charge is 2.14. The van der Waals surface area contributed by atoms with Crippen molar-refractivity contribution in [3.63, 3.8) is 0 Å². The first kappa shape index (κ1) is 12.9. The average Bonchev–Trinajstić information content (AvgIpc) is 2.41. The summed E-state index contributed by atoms with van der Waals surface area (Å²) in [5, 5.41) is 2.59. The van der Waals surface area contributed by atoms with E-state index in [2.05, 4.69) is 20.0 Å². The fourth-order valence-electron chi connectivity index (χ4n) is 1.41. The van der Waals surface area contributed by atoms with Gasteiger partial charge in [-0.1, -0.05) is 0 Å². The predicted octanol–water partition coefficient (Wildman–Crippen LogP) is 2.29. The Hall–Kier alpha value is -2.57. The standard InChI is InChI=1S/C12H9F2N3O2/c1-19-12(18)8-5-15-6-16-11(8)17-10-3-2-7(13)4-9(10)14/h2-6H,1H3,(H,15,16,17). The van der Waals surface area contributed by atoms with Crippen LogP contribution in [-0.2, 0) is 4.74 Å². The van der Waals surface area contributed by atoms with Gasteiger partial charge in [0.15, 0.2) is 0 Å². The lowest BCUT2D eigenvalue weighted by Crippen LogP contribution is -2.08. The lowest BCUT2D eigenvalue weighted by Gasteiger charge is -2.09. The molecule has 1 aromatic carbocycles. The third kappa shape index (κ3) is 2.82. The molecular formula is C12H9F2N3O2. The van der Waals surface area contributed by atoms with Gasteiger partial charge in [0.1, 0.15) is 29.3 Å². The molecule has 0 spiro atoms. The van der Waals surface area contributed by atoms with Crippen LogP contribution in [0.4, 0.5) is 20.3 Å². The molecule has 5 nitrogen and oxygen atoms in total. The Balaban J connectivity index is 2.35. The maximum Gasteiger partial charge on any atom is 0.343 e. The van der Waals surface area contributed by atoms with Crippen molar-refractivity contribution >= 4 is 17.5 Å². The van der Waals surface area contributed by atoms with E-state index in [1.807, 2.05) is 0 Å². The van der Waals surface area contributed by atoms with Crippen molar-refractivity contribution in [3.05, 3.63) is 47.9 Å². The van der Waals surface area contributed by atoms with Crippen LogP contribution in [0.25, 0.3) is 0 Å². The molecule has 0 bridgehead atoms. The minimum Gasteiger partial charge on any atom is -0.465 e. The molecule has 2 aromatic rings. The van der Waals surface area contributed by atoms with Crippen molar-refractivity contribution in [3.8, 4) is 0 Å². The second-order valence-corrected chi connectivity index (χ2v) is 3.53. The number of esters is 1. The molecule has 0 aliphatic carbocycles. The third-order valence-electron chi connectivity index (χ3n) is 2.30. The number of aromatic nitrogens is 2. The first-order valence-corrected chi connectivity index (χ1v) is 5.22. The van der Waals surface area contributed by atoms with Crippen molar-refractivity contribution in [2.45, 2.75) is 0 Å². The fraction of sp³-hybridized carbons (Fsp3) is 0.0833.